The molecule has 0 aliphatic rings. The lowest BCUT2D eigenvalue weighted by Gasteiger charge is -2.34. The van der Waals surface area contributed by atoms with E-state index in [1.165, 1.54) is 7.11 Å². The summed E-state index contributed by atoms with van der Waals surface area (Å²) in [5.41, 5.74) is 5.60. The van der Waals surface area contributed by atoms with Gasteiger partial charge in [-0.25, -0.2) is 4.79 Å². The van der Waals surface area contributed by atoms with Gasteiger partial charge in [0.25, 0.3) is 0 Å². The van der Waals surface area contributed by atoms with E-state index in [-0.39, 0.29) is 6.79 Å². The Labute approximate surface area is 140 Å². The largest absolute Gasteiger partial charge is 0.412 e. The topological polar surface area (TPSA) is 70.8 Å². The smallest absolute Gasteiger partial charge is 0.407 e. The normalized spacial score (nSPS) is 13.6. The van der Waals surface area contributed by atoms with Crippen molar-refractivity contribution in [3.8, 4) is 0 Å². The van der Waals surface area contributed by atoms with Crippen LogP contribution in [0.15, 0.2) is 18.2 Å². The molecule has 1 unspecified atom stereocenters. The maximum Gasteiger partial charge on any atom is 0.407 e. The first kappa shape index (κ1) is 19.0. The molecule has 1 rings (SSSR count). The summed E-state index contributed by atoms with van der Waals surface area (Å²) >= 11 is 12.5. The molecule has 124 valence electrons. The first-order valence-electron chi connectivity index (χ1n) is 7.02. The fourth-order valence-corrected chi connectivity index (χ4v) is 2.87. The van der Waals surface area contributed by atoms with Crippen LogP contribution < -0.4 is 5.73 Å². The van der Waals surface area contributed by atoms with Crippen molar-refractivity contribution in [3.63, 3.8) is 0 Å². The number of benzene rings is 1. The summed E-state index contributed by atoms with van der Waals surface area (Å²) in [6.45, 7) is 1.97. The molecule has 0 radical (unpaired) electrons. The summed E-state index contributed by atoms with van der Waals surface area (Å²) in [6, 6.07) is 5.00. The number of unbranched alkanes of at least 4 members (excludes halogenated alkanes) is 2. The van der Waals surface area contributed by atoms with Crippen LogP contribution in [0.25, 0.3) is 0 Å². The zero-order valence-electron chi connectivity index (χ0n) is 12.7. The Morgan fingerprint density at radius 1 is 1.27 bits per heavy atom. The lowest BCUT2D eigenvalue weighted by molar-refractivity contribution is -0.252. The standard InChI is InChI=1S/C15H21Cl2NO4/c1-3-4-5-9-15(21-10-20-2,22-14(18)19)13-11(16)7-6-8-12(13)17/h6-8H,3-5,9-10H2,1-2H3,(H2,18,19). The van der Waals surface area contributed by atoms with Crippen molar-refractivity contribution in [2.75, 3.05) is 13.9 Å². The lowest BCUT2D eigenvalue weighted by atomic mass is 9.98. The second-order valence-corrected chi connectivity index (χ2v) is 5.59. The molecule has 0 aliphatic heterocycles. The Morgan fingerprint density at radius 3 is 2.41 bits per heavy atom. The zero-order chi connectivity index (χ0) is 16.6. The van der Waals surface area contributed by atoms with Crippen molar-refractivity contribution < 1.29 is 19.0 Å². The summed E-state index contributed by atoms with van der Waals surface area (Å²) in [4.78, 5) is 11.4. The van der Waals surface area contributed by atoms with Crippen LogP contribution in [0.3, 0.4) is 0 Å². The summed E-state index contributed by atoms with van der Waals surface area (Å²) < 4.78 is 15.9. The number of primary amides is 1. The van der Waals surface area contributed by atoms with Gasteiger partial charge in [0.15, 0.2) is 6.79 Å². The average molecular weight is 350 g/mol. The van der Waals surface area contributed by atoms with E-state index in [2.05, 4.69) is 6.92 Å². The molecular weight excluding hydrogens is 329 g/mol. The van der Waals surface area contributed by atoms with Crippen LogP contribution in [-0.4, -0.2) is 20.0 Å². The number of ether oxygens (including phenoxy) is 3. The van der Waals surface area contributed by atoms with Crippen LogP contribution in [0, 0.1) is 0 Å². The molecule has 0 saturated heterocycles. The molecule has 1 aromatic carbocycles. The Morgan fingerprint density at radius 2 is 1.91 bits per heavy atom. The van der Waals surface area contributed by atoms with Gasteiger partial charge in [0.2, 0.25) is 5.79 Å². The number of amides is 1. The van der Waals surface area contributed by atoms with Gasteiger partial charge in [0, 0.05) is 13.5 Å². The van der Waals surface area contributed by atoms with Gasteiger partial charge in [0.1, 0.15) is 0 Å². The highest BCUT2D eigenvalue weighted by atomic mass is 35.5. The van der Waals surface area contributed by atoms with Gasteiger partial charge in [0.05, 0.1) is 15.6 Å². The number of carbonyl (C=O) groups is 1. The molecule has 0 saturated carbocycles. The highest BCUT2D eigenvalue weighted by Gasteiger charge is 2.40. The van der Waals surface area contributed by atoms with Crippen LogP contribution in [-0.2, 0) is 20.0 Å². The fourth-order valence-electron chi connectivity index (χ4n) is 2.19. The molecule has 7 heteroatoms. The van der Waals surface area contributed by atoms with Crippen molar-refractivity contribution in [1.82, 2.24) is 0 Å². The number of rotatable bonds is 9. The van der Waals surface area contributed by atoms with Crippen molar-refractivity contribution in [2.24, 2.45) is 5.73 Å². The molecule has 0 heterocycles. The molecular formula is C15H21Cl2NO4. The quantitative estimate of drug-likeness (QED) is 0.528. The third-order valence-electron chi connectivity index (χ3n) is 3.13. The van der Waals surface area contributed by atoms with Gasteiger partial charge in [-0.1, -0.05) is 49.0 Å². The van der Waals surface area contributed by atoms with E-state index in [0.717, 1.165) is 19.3 Å². The van der Waals surface area contributed by atoms with E-state index in [1.807, 2.05) is 0 Å². The minimum absolute atomic E-state index is 0.0963. The van der Waals surface area contributed by atoms with E-state index in [9.17, 15) is 4.79 Å². The van der Waals surface area contributed by atoms with E-state index in [1.54, 1.807) is 18.2 Å². The van der Waals surface area contributed by atoms with Gasteiger partial charge >= 0.3 is 6.09 Å². The number of methoxy groups -OCH3 is 1. The number of carbonyl (C=O) groups excluding carboxylic acids is 1. The van der Waals surface area contributed by atoms with Gasteiger partial charge < -0.3 is 19.9 Å². The van der Waals surface area contributed by atoms with Gasteiger partial charge in [-0.05, 0) is 18.6 Å². The first-order valence-corrected chi connectivity index (χ1v) is 7.78. The second kappa shape index (κ2) is 9.20. The van der Waals surface area contributed by atoms with Crippen LogP contribution in [0.2, 0.25) is 10.0 Å². The van der Waals surface area contributed by atoms with Crippen molar-refractivity contribution in [3.05, 3.63) is 33.8 Å². The number of halogens is 2. The predicted molar refractivity (Wildman–Crippen MR) is 85.9 cm³/mol. The molecule has 1 amide bonds. The molecule has 0 bridgehead atoms. The minimum atomic E-state index is -1.47. The summed E-state index contributed by atoms with van der Waals surface area (Å²) in [7, 11) is 1.47. The summed E-state index contributed by atoms with van der Waals surface area (Å²) in [6.07, 6.45) is 2.07. The molecule has 5 nitrogen and oxygen atoms in total. The van der Waals surface area contributed by atoms with E-state index < -0.39 is 11.9 Å². The second-order valence-electron chi connectivity index (χ2n) is 4.78. The number of nitrogens with two attached hydrogens (primary N) is 1. The molecule has 0 aromatic heterocycles. The minimum Gasteiger partial charge on any atom is -0.412 e. The van der Waals surface area contributed by atoms with Crippen LogP contribution in [0.5, 0.6) is 0 Å². The fraction of sp³-hybridized carbons (Fsp3) is 0.533. The SMILES string of the molecule is CCCCCC(OCOC)(OC(N)=O)c1c(Cl)cccc1Cl. The first-order chi connectivity index (χ1) is 10.5. The van der Waals surface area contributed by atoms with Gasteiger partial charge in [-0.15, -0.1) is 0 Å². The highest BCUT2D eigenvalue weighted by molar-refractivity contribution is 6.36. The monoisotopic (exact) mass is 349 g/mol. The molecule has 2 N–H and O–H groups in total. The highest BCUT2D eigenvalue weighted by Crippen LogP contribution is 2.41. The molecule has 22 heavy (non-hydrogen) atoms. The Hall–Kier alpha value is -1.01. The summed E-state index contributed by atoms with van der Waals surface area (Å²) in [5, 5.41) is 0.669. The Bertz CT molecular complexity index is 478. The third-order valence-corrected chi connectivity index (χ3v) is 3.76. The Kier molecular flexibility index (Phi) is 7.96. The molecule has 1 atom stereocenters. The summed E-state index contributed by atoms with van der Waals surface area (Å²) in [5.74, 6) is -1.47. The average Bonchev–Trinajstić information content (AvgIpc) is 2.44. The van der Waals surface area contributed by atoms with E-state index in [0.29, 0.717) is 22.0 Å². The zero-order valence-corrected chi connectivity index (χ0v) is 14.2. The maximum absolute atomic E-state index is 11.4. The molecule has 0 aliphatic carbocycles. The van der Waals surface area contributed by atoms with Crippen molar-refractivity contribution in [1.29, 1.82) is 0 Å². The maximum atomic E-state index is 11.4. The van der Waals surface area contributed by atoms with Crippen LogP contribution in [0.4, 0.5) is 4.79 Å². The van der Waals surface area contributed by atoms with E-state index in [4.69, 9.17) is 43.1 Å². The predicted octanol–water partition coefficient (Wildman–Crippen LogP) is 4.44. The third kappa shape index (κ3) is 5.02. The van der Waals surface area contributed by atoms with Crippen molar-refractivity contribution >= 4 is 29.3 Å². The van der Waals surface area contributed by atoms with Crippen LogP contribution >= 0.6 is 23.2 Å². The Balaban J connectivity index is 3.28. The number of hydrogen-bond acceptors (Lipinski definition) is 4. The van der Waals surface area contributed by atoms with Gasteiger partial charge in [-0.2, -0.15) is 0 Å². The van der Waals surface area contributed by atoms with Crippen molar-refractivity contribution in [2.45, 2.75) is 38.4 Å². The van der Waals surface area contributed by atoms with Crippen LogP contribution in [0.1, 0.15) is 38.2 Å². The van der Waals surface area contributed by atoms with Gasteiger partial charge in [-0.3, -0.25) is 0 Å². The lowest BCUT2D eigenvalue weighted by Crippen LogP contribution is -2.38. The van der Waals surface area contributed by atoms with E-state index >= 15 is 0 Å². The molecule has 0 fully saturated rings. The number of hydrogen-bond donors (Lipinski definition) is 1. The molecule has 0 spiro atoms. The molecule has 1 aromatic rings.